The highest BCUT2D eigenvalue weighted by Crippen LogP contribution is 2.14. The molecule has 0 bridgehead atoms. The van der Waals surface area contributed by atoms with E-state index in [0.29, 0.717) is 5.90 Å². The first kappa shape index (κ1) is 11.3. The van der Waals surface area contributed by atoms with Crippen LogP contribution in [0.2, 0.25) is 0 Å². The second-order valence-electron chi connectivity index (χ2n) is 3.24. The summed E-state index contributed by atoms with van der Waals surface area (Å²) < 4.78 is 6.41. The number of nitrogens with zero attached hydrogens (tertiary/aromatic N) is 1. The Bertz CT molecular complexity index is 430. The highest BCUT2D eigenvalue weighted by atomic mass is 127. The van der Waals surface area contributed by atoms with Gasteiger partial charge in [-0.1, -0.05) is 0 Å². The molecule has 1 unspecified atom stereocenters. The number of hydrogen-bond acceptors (Lipinski definition) is 4. The van der Waals surface area contributed by atoms with Gasteiger partial charge in [-0.05, 0) is 46.9 Å². The fraction of sp³-hybridized carbons (Fsp3) is 0.200. The fourth-order valence-electron chi connectivity index (χ4n) is 1.33. The van der Waals surface area contributed by atoms with Gasteiger partial charge in [0.05, 0.1) is 0 Å². The zero-order valence-electron chi connectivity index (χ0n) is 8.18. The third-order valence-electron chi connectivity index (χ3n) is 2.16. The molecule has 0 saturated carbocycles. The maximum absolute atomic E-state index is 11.1. The van der Waals surface area contributed by atoms with E-state index in [1.54, 1.807) is 5.48 Å². The molecule has 0 aliphatic carbocycles. The molecule has 0 radical (unpaired) electrons. The number of halogens is 1. The normalized spacial score (nSPS) is 18.9. The summed E-state index contributed by atoms with van der Waals surface area (Å²) in [5.74, 6) is -0.120. The van der Waals surface area contributed by atoms with Gasteiger partial charge in [-0.25, -0.2) is 10.5 Å². The molecule has 2 rings (SSSR count). The zero-order chi connectivity index (χ0) is 11.5. The van der Waals surface area contributed by atoms with Crippen molar-refractivity contribution >= 4 is 34.4 Å². The van der Waals surface area contributed by atoms with Crippen molar-refractivity contribution in [3.63, 3.8) is 0 Å². The minimum absolute atomic E-state index is 0.160. The largest absolute Gasteiger partial charge is 0.475 e. The maximum atomic E-state index is 11.1. The van der Waals surface area contributed by atoms with Crippen molar-refractivity contribution < 1.29 is 14.7 Å². The van der Waals surface area contributed by atoms with Gasteiger partial charge in [0.15, 0.2) is 6.04 Å². The van der Waals surface area contributed by atoms with E-state index < -0.39 is 11.9 Å². The minimum Gasteiger partial charge on any atom is -0.475 e. The van der Waals surface area contributed by atoms with Crippen LogP contribution in [0.1, 0.15) is 5.56 Å². The molecule has 0 saturated heterocycles. The van der Waals surface area contributed by atoms with Crippen LogP contribution in [0.4, 0.5) is 0 Å². The molecular formula is C10H9IN2O3. The molecule has 0 spiro atoms. The van der Waals surface area contributed by atoms with E-state index >= 15 is 0 Å². The quantitative estimate of drug-likeness (QED) is 0.481. The number of rotatable bonds is 2. The number of amides is 1. The van der Waals surface area contributed by atoms with Crippen LogP contribution >= 0.6 is 22.6 Å². The number of hydroxylamine groups is 1. The van der Waals surface area contributed by atoms with Gasteiger partial charge in [0.2, 0.25) is 5.90 Å². The van der Waals surface area contributed by atoms with Gasteiger partial charge in [-0.2, -0.15) is 0 Å². The number of aliphatic imine (C=N–C) groups is 1. The van der Waals surface area contributed by atoms with Crippen molar-refractivity contribution in [2.75, 3.05) is 6.61 Å². The third-order valence-corrected chi connectivity index (χ3v) is 2.87. The highest BCUT2D eigenvalue weighted by Gasteiger charge is 2.26. The van der Waals surface area contributed by atoms with E-state index in [1.165, 1.54) is 0 Å². The molecule has 0 fully saturated rings. The molecule has 1 atom stereocenters. The van der Waals surface area contributed by atoms with Crippen molar-refractivity contribution in [2.45, 2.75) is 6.04 Å². The number of benzene rings is 1. The maximum Gasteiger partial charge on any atom is 0.271 e. The molecule has 1 aromatic rings. The molecule has 6 heteroatoms. The molecule has 2 N–H and O–H groups in total. The summed E-state index contributed by atoms with van der Waals surface area (Å²) >= 11 is 2.20. The third kappa shape index (κ3) is 2.33. The highest BCUT2D eigenvalue weighted by molar-refractivity contribution is 14.1. The van der Waals surface area contributed by atoms with Crippen LogP contribution in [0.5, 0.6) is 0 Å². The molecule has 1 heterocycles. The Balaban J connectivity index is 2.17. The first-order chi connectivity index (χ1) is 7.70. The number of carbonyl (C=O) groups is 1. The lowest BCUT2D eigenvalue weighted by atomic mass is 10.2. The molecule has 1 aliphatic heterocycles. The van der Waals surface area contributed by atoms with Crippen molar-refractivity contribution in [1.29, 1.82) is 0 Å². The predicted octanol–water partition coefficient (Wildman–Crippen LogP) is 0.942. The Labute approximate surface area is 106 Å². The van der Waals surface area contributed by atoms with Gasteiger partial charge in [-0.15, -0.1) is 0 Å². The van der Waals surface area contributed by atoms with Crippen LogP contribution in [0.3, 0.4) is 0 Å². The van der Waals surface area contributed by atoms with Gasteiger partial charge in [0.1, 0.15) is 6.61 Å². The summed E-state index contributed by atoms with van der Waals surface area (Å²) in [4.78, 5) is 15.2. The number of ether oxygens (including phenoxy) is 1. The SMILES string of the molecule is O=C(NO)C1COC(c2ccc(I)cc2)=N1. The van der Waals surface area contributed by atoms with Gasteiger partial charge >= 0.3 is 0 Å². The van der Waals surface area contributed by atoms with E-state index in [-0.39, 0.29) is 6.61 Å². The molecular weight excluding hydrogens is 323 g/mol. The smallest absolute Gasteiger partial charge is 0.271 e. The average molecular weight is 332 g/mol. The standard InChI is InChI=1S/C10H9IN2O3/c11-7-3-1-6(2-4-7)10-12-8(5-16-10)9(14)13-15/h1-4,8,15H,5H2,(H,13,14). The van der Waals surface area contributed by atoms with Gasteiger partial charge in [0.25, 0.3) is 5.91 Å². The molecule has 16 heavy (non-hydrogen) atoms. The summed E-state index contributed by atoms with van der Waals surface area (Å²) in [6.45, 7) is 0.160. The molecule has 1 aliphatic rings. The first-order valence-electron chi connectivity index (χ1n) is 4.61. The van der Waals surface area contributed by atoms with E-state index in [4.69, 9.17) is 9.94 Å². The monoisotopic (exact) mass is 332 g/mol. The van der Waals surface area contributed by atoms with Crippen LogP contribution < -0.4 is 5.48 Å². The zero-order valence-corrected chi connectivity index (χ0v) is 10.3. The molecule has 5 nitrogen and oxygen atoms in total. The van der Waals surface area contributed by atoms with Crippen LogP contribution in [-0.2, 0) is 9.53 Å². The molecule has 84 valence electrons. The Kier molecular flexibility index (Phi) is 3.39. The van der Waals surface area contributed by atoms with Crippen molar-refractivity contribution in [3.05, 3.63) is 33.4 Å². The lowest BCUT2D eigenvalue weighted by molar-refractivity contribution is -0.130. The number of carbonyl (C=O) groups excluding carboxylic acids is 1. The fourth-order valence-corrected chi connectivity index (χ4v) is 1.69. The summed E-state index contributed by atoms with van der Waals surface area (Å²) in [5.41, 5.74) is 2.39. The van der Waals surface area contributed by atoms with Crippen molar-refractivity contribution in [3.8, 4) is 0 Å². The topological polar surface area (TPSA) is 70.9 Å². The van der Waals surface area contributed by atoms with Crippen LogP contribution in [0.25, 0.3) is 0 Å². The van der Waals surface area contributed by atoms with E-state index in [0.717, 1.165) is 9.13 Å². The molecule has 0 aromatic heterocycles. The molecule has 1 aromatic carbocycles. The van der Waals surface area contributed by atoms with E-state index in [9.17, 15) is 4.79 Å². The van der Waals surface area contributed by atoms with Gasteiger partial charge in [0, 0.05) is 9.13 Å². The lowest BCUT2D eigenvalue weighted by Gasteiger charge is -2.00. The first-order valence-corrected chi connectivity index (χ1v) is 5.69. The van der Waals surface area contributed by atoms with Gasteiger partial charge < -0.3 is 4.74 Å². The Morgan fingerprint density at radius 1 is 1.50 bits per heavy atom. The summed E-state index contributed by atoms with van der Waals surface area (Å²) in [6, 6.07) is 6.95. The summed E-state index contributed by atoms with van der Waals surface area (Å²) in [6.07, 6.45) is 0. The molecule has 1 amide bonds. The number of nitrogens with one attached hydrogen (secondary N) is 1. The Morgan fingerprint density at radius 2 is 2.19 bits per heavy atom. The van der Waals surface area contributed by atoms with Crippen LogP contribution in [0, 0.1) is 3.57 Å². The van der Waals surface area contributed by atoms with Crippen LogP contribution in [-0.4, -0.2) is 29.7 Å². The second kappa shape index (κ2) is 4.79. The Morgan fingerprint density at radius 3 is 2.81 bits per heavy atom. The number of hydrogen-bond donors (Lipinski definition) is 2. The summed E-state index contributed by atoms with van der Waals surface area (Å²) in [7, 11) is 0. The Hall–Kier alpha value is -1.15. The van der Waals surface area contributed by atoms with E-state index in [1.807, 2.05) is 24.3 Å². The minimum atomic E-state index is -0.667. The predicted molar refractivity (Wildman–Crippen MR) is 65.4 cm³/mol. The lowest BCUT2D eigenvalue weighted by Crippen LogP contribution is -2.31. The van der Waals surface area contributed by atoms with E-state index in [2.05, 4.69) is 27.6 Å². The van der Waals surface area contributed by atoms with Crippen molar-refractivity contribution in [2.24, 2.45) is 4.99 Å². The van der Waals surface area contributed by atoms with Gasteiger partial charge in [-0.3, -0.25) is 10.0 Å². The summed E-state index contributed by atoms with van der Waals surface area (Å²) in [5, 5.41) is 8.46. The van der Waals surface area contributed by atoms with Crippen LogP contribution in [0.15, 0.2) is 29.3 Å². The van der Waals surface area contributed by atoms with Crippen molar-refractivity contribution in [1.82, 2.24) is 5.48 Å². The average Bonchev–Trinajstić information content (AvgIpc) is 2.78. The second-order valence-corrected chi connectivity index (χ2v) is 4.49.